The zero-order valence-corrected chi connectivity index (χ0v) is 12.0. The number of nitrogens with zero attached hydrogens (tertiary/aromatic N) is 6. The lowest BCUT2D eigenvalue weighted by Gasteiger charge is -2.13. The van der Waals surface area contributed by atoms with Gasteiger partial charge in [-0.15, -0.1) is 0 Å². The molecule has 0 aliphatic heterocycles. The highest BCUT2D eigenvalue weighted by Crippen LogP contribution is 2.09. The SMILES string of the molecule is CCNc1nc(NC(C)C(=O)NC)nc(-n2cncn2)n1. The number of aromatic nitrogens is 6. The molecule has 2 heterocycles. The van der Waals surface area contributed by atoms with Crippen molar-refractivity contribution in [1.82, 2.24) is 35.0 Å². The van der Waals surface area contributed by atoms with Gasteiger partial charge >= 0.3 is 0 Å². The first kappa shape index (κ1) is 14.6. The fourth-order valence-electron chi connectivity index (χ4n) is 1.56. The molecule has 2 aromatic heterocycles. The summed E-state index contributed by atoms with van der Waals surface area (Å²) in [4.78, 5) is 28.1. The molecule has 0 aliphatic carbocycles. The van der Waals surface area contributed by atoms with Gasteiger partial charge in [0, 0.05) is 13.6 Å². The van der Waals surface area contributed by atoms with Crippen molar-refractivity contribution >= 4 is 17.8 Å². The van der Waals surface area contributed by atoms with Crippen LogP contribution in [-0.2, 0) is 4.79 Å². The third-order valence-electron chi connectivity index (χ3n) is 2.57. The number of rotatable bonds is 6. The van der Waals surface area contributed by atoms with E-state index in [9.17, 15) is 4.79 Å². The Labute approximate surface area is 121 Å². The Morgan fingerprint density at radius 3 is 2.71 bits per heavy atom. The van der Waals surface area contributed by atoms with Crippen LogP contribution in [0.5, 0.6) is 0 Å². The van der Waals surface area contributed by atoms with Crippen LogP contribution in [0.25, 0.3) is 5.95 Å². The molecule has 2 aromatic rings. The standard InChI is InChI=1S/C11H17N9O/c1-4-14-9-17-10(16-7(2)8(21)12-3)19-11(18-9)20-6-13-5-15-20/h5-7H,4H2,1-3H3,(H,12,21)(H2,14,16,17,18,19). The van der Waals surface area contributed by atoms with Gasteiger partial charge in [0.05, 0.1) is 0 Å². The monoisotopic (exact) mass is 291 g/mol. The molecule has 112 valence electrons. The van der Waals surface area contributed by atoms with Crippen molar-refractivity contribution in [3.05, 3.63) is 12.7 Å². The van der Waals surface area contributed by atoms with E-state index in [1.165, 1.54) is 17.3 Å². The summed E-state index contributed by atoms with van der Waals surface area (Å²) in [6, 6.07) is -0.476. The van der Waals surface area contributed by atoms with Crippen molar-refractivity contribution in [2.75, 3.05) is 24.2 Å². The number of carbonyl (C=O) groups excluding carboxylic acids is 1. The summed E-state index contributed by atoms with van der Waals surface area (Å²) in [5, 5.41) is 12.4. The van der Waals surface area contributed by atoms with E-state index in [2.05, 4.69) is 41.0 Å². The van der Waals surface area contributed by atoms with E-state index in [0.717, 1.165) is 0 Å². The van der Waals surface area contributed by atoms with E-state index in [-0.39, 0.29) is 11.9 Å². The molecule has 10 nitrogen and oxygen atoms in total. The molecule has 0 aromatic carbocycles. The minimum absolute atomic E-state index is 0.164. The first-order valence-corrected chi connectivity index (χ1v) is 6.47. The van der Waals surface area contributed by atoms with Gasteiger partial charge in [-0.3, -0.25) is 4.79 Å². The van der Waals surface area contributed by atoms with Crippen molar-refractivity contribution in [2.45, 2.75) is 19.9 Å². The summed E-state index contributed by atoms with van der Waals surface area (Å²) in [5.41, 5.74) is 0. The normalized spacial score (nSPS) is 11.8. The molecule has 1 atom stereocenters. The van der Waals surface area contributed by atoms with Crippen LogP contribution >= 0.6 is 0 Å². The van der Waals surface area contributed by atoms with Crippen LogP contribution in [0.2, 0.25) is 0 Å². The number of carbonyl (C=O) groups is 1. The Bertz CT molecular complexity index is 598. The second-order valence-corrected chi connectivity index (χ2v) is 4.13. The van der Waals surface area contributed by atoms with Crippen LogP contribution in [0, 0.1) is 0 Å². The summed E-state index contributed by atoms with van der Waals surface area (Å²) in [6.07, 6.45) is 2.87. The van der Waals surface area contributed by atoms with Crippen LogP contribution < -0.4 is 16.0 Å². The summed E-state index contributed by atoms with van der Waals surface area (Å²) in [5.74, 6) is 0.819. The Morgan fingerprint density at radius 2 is 2.10 bits per heavy atom. The number of amides is 1. The van der Waals surface area contributed by atoms with E-state index in [1.54, 1.807) is 14.0 Å². The highest BCUT2D eigenvalue weighted by atomic mass is 16.2. The van der Waals surface area contributed by atoms with Gasteiger partial charge in [0.25, 0.3) is 5.95 Å². The van der Waals surface area contributed by atoms with Gasteiger partial charge in [-0.25, -0.2) is 4.98 Å². The van der Waals surface area contributed by atoms with Crippen LogP contribution in [0.1, 0.15) is 13.8 Å². The summed E-state index contributed by atoms with van der Waals surface area (Å²) >= 11 is 0. The largest absolute Gasteiger partial charge is 0.357 e. The molecule has 2 rings (SSSR count). The van der Waals surface area contributed by atoms with Gasteiger partial charge < -0.3 is 16.0 Å². The van der Waals surface area contributed by atoms with E-state index in [0.29, 0.717) is 18.4 Å². The molecule has 0 saturated carbocycles. The van der Waals surface area contributed by atoms with Gasteiger partial charge in [-0.1, -0.05) is 0 Å². The van der Waals surface area contributed by atoms with Gasteiger partial charge in [0.2, 0.25) is 17.8 Å². The smallest absolute Gasteiger partial charge is 0.258 e. The van der Waals surface area contributed by atoms with E-state index < -0.39 is 6.04 Å². The van der Waals surface area contributed by atoms with Crippen LogP contribution in [0.15, 0.2) is 12.7 Å². The van der Waals surface area contributed by atoms with Gasteiger partial charge in [0.1, 0.15) is 18.7 Å². The number of nitrogens with one attached hydrogen (secondary N) is 3. The molecule has 3 N–H and O–H groups in total. The van der Waals surface area contributed by atoms with Gasteiger partial charge in [-0.05, 0) is 13.8 Å². The second-order valence-electron chi connectivity index (χ2n) is 4.13. The quantitative estimate of drug-likeness (QED) is 0.646. The summed E-state index contributed by atoms with van der Waals surface area (Å²) in [6.45, 7) is 4.30. The fourth-order valence-corrected chi connectivity index (χ4v) is 1.56. The van der Waals surface area contributed by atoms with Crippen molar-refractivity contribution in [2.24, 2.45) is 0 Å². The topological polar surface area (TPSA) is 123 Å². The fraction of sp³-hybridized carbons (Fsp3) is 0.455. The predicted octanol–water partition coefficient (Wildman–Crippen LogP) is -0.569. The average Bonchev–Trinajstić information content (AvgIpc) is 3.00. The lowest BCUT2D eigenvalue weighted by molar-refractivity contribution is -0.121. The third-order valence-corrected chi connectivity index (χ3v) is 2.57. The zero-order chi connectivity index (χ0) is 15.2. The van der Waals surface area contributed by atoms with Gasteiger partial charge in [0.15, 0.2) is 0 Å². The van der Waals surface area contributed by atoms with E-state index in [4.69, 9.17) is 0 Å². The number of hydrogen-bond donors (Lipinski definition) is 3. The van der Waals surface area contributed by atoms with Crippen molar-refractivity contribution in [3.63, 3.8) is 0 Å². The maximum atomic E-state index is 11.6. The minimum Gasteiger partial charge on any atom is -0.357 e. The molecule has 0 saturated heterocycles. The molecule has 1 unspecified atom stereocenters. The molecule has 0 aliphatic rings. The van der Waals surface area contributed by atoms with E-state index >= 15 is 0 Å². The lowest BCUT2D eigenvalue weighted by Crippen LogP contribution is -2.36. The maximum absolute atomic E-state index is 11.6. The Morgan fingerprint density at radius 1 is 1.33 bits per heavy atom. The van der Waals surface area contributed by atoms with Gasteiger partial charge in [-0.2, -0.15) is 24.7 Å². The highest BCUT2D eigenvalue weighted by Gasteiger charge is 2.14. The molecular formula is C11H17N9O. The number of likely N-dealkylation sites (N-methyl/N-ethyl adjacent to an activating group) is 1. The molecular weight excluding hydrogens is 274 g/mol. The first-order chi connectivity index (χ1) is 10.1. The van der Waals surface area contributed by atoms with Crippen molar-refractivity contribution < 1.29 is 4.79 Å². The molecule has 10 heteroatoms. The Hall–Kier alpha value is -2.78. The summed E-state index contributed by atoms with van der Waals surface area (Å²) < 4.78 is 1.41. The molecule has 0 fully saturated rings. The minimum atomic E-state index is -0.476. The van der Waals surface area contributed by atoms with Crippen molar-refractivity contribution in [1.29, 1.82) is 0 Å². The van der Waals surface area contributed by atoms with Crippen LogP contribution in [0.4, 0.5) is 11.9 Å². The van der Waals surface area contributed by atoms with Crippen LogP contribution in [0.3, 0.4) is 0 Å². The zero-order valence-electron chi connectivity index (χ0n) is 12.0. The Kier molecular flexibility index (Phi) is 4.59. The molecule has 1 amide bonds. The predicted molar refractivity (Wildman–Crippen MR) is 76.1 cm³/mol. The van der Waals surface area contributed by atoms with E-state index in [1.807, 2.05) is 6.92 Å². The van der Waals surface area contributed by atoms with Crippen molar-refractivity contribution in [3.8, 4) is 5.95 Å². The molecule has 0 spiro atoms. The first-order valence-electron chi connectivity index (χ1n) is 6.47. The average molecular weight is 291 g/mol. The number of anilines is 2. The number of hydrogen-bond acceptors (Lipinski definition) is 8. The maximum Gasteiger partial charge on any atom is 0.258 e. The molecule has 0 bridgehead atoms. The highest BCUT2D eigenvalue weighted by molar-refractivity contribution is 5.83. The molecule has 21 heavy (non-hydrogen) atoms. The third kappa shape index (κ3) is 3.61. The lowest BCUT2D eigenvalue weighted by atomic mass is 10.3. The molecule has 0 radical (unpaired) electrons. The van der Waals surface area contributed by atoms with Crippen LogP contribution in [-0.4, -0.2) is 55.3 Å². The Balaban J connectivity index is 2.29. The second kappa shape index (κ2) is 6.59. The summed E-state index contributed by atoms with van der Waals surface area (Å²) in [7, 11) is 1.57.